The summed E-state index contributed by atoms with van der Waals surface area (Å²) in [4.78, 5) is 0. The molecule has 1 heterocycles. The van der Waals surface area contributed by atoms with Crippen molar-refractivity contribution >= 4 is 0 Å². The van der Waals surface area contributed by atoms with Gasteiger partial charge in [-0.05, 0) is 37.2 Å². The van der Waals surface area contributed by atoms with E-state index in [1.54, 1.807) is 0 Å². The zero-order chi connectivity index (χ0) is 14.7. The van der Waals surface area contributed by atoms with Crippen molar-refractivity contribution < 1.29 is 0 Å². The number of hydrogen-bond donors (Lipinski definition) is 1. The average molecular weight is 277 g/mol. The molecule has 106 valence electrons. The van der Waals surface area contributed by atoms with Gasteiger partial charge in [-0.3, -0.25) is 0 Å². The minimum Gasteiger partial charge on any atom is -0.309 e. The fourth-order valence-corrected chi connectivity index (χ4v) is 2.62. The lowest BCUT2D eigenvalue weighted by Crippen LogP contribution is -2.18. The van der Waals surface area contributed by atoms with Gasteiger partial charge in [-0.1, -0.05) is 42.5 Å². The lowest BCUT2D eigenvalue weighted by Gasteiger charge is -2.17. The van der Waals surface area contributed by atoms with Crippen molar-refractivity contribution in [3.63, 3.8) is 0 Å². The molecule has 3 heteroatoms. The van der Waals surface area contributed by atoms with Gasteiger partial charge >= 0.3 is 0 Å². The van der Waals surface area contributed by atoms with Crippen LogP contribution in [0, 0.1) is 6.92 Å². The Morgan fingerprint density at radius 3 is 2.43 bits per heavy atom. The molecule has 0 spiro atoms. The second-order valence-electron chi connectivity index (χ2n) is 5.13. The summed E-state index contributed by atoms with van der Waals surface area (Å²) >= 11 is 0. The van der Waals surface area contributed by atoms with Gasteiger partial charge in [-0.25, -0.2) is 4.68 Å². The van der Waals surface area contributed by atoms with Crippen molar-refractivity contribution in [2.75, 3.05) is 7.05 Å². The predicted molar refractivity (Wildman–Crippen MR) is 85.6 cm³/mol. The summed E-state index contributed by atoms with van der Waals surface area (Å²) in [7, 11) is 1.98. The van der Waals surface area contributed by atoms with Crippen LogP contribution in [0.1, 0.15) is 22.7 Å². The Morgan fingerprint density at radius 2 is 1.71 bits per heavy atom. The first-order chi connectivity index (χ1) is 10.3. The summed E-state index contributed by atoms with van der Waals surface area (Å²) in [5.74, 6) is 0. The molecule has 0 aliphatic heterocycles. The molecule has 0 aliphatic carbocycles. The second-order valence-corrected chi connectivity index (χ2v) is 5.13. The Morgan fingerprint density at radius 1 is 1.00 bits per heavy atom. The van der Waals surface area contributed by atoms with Crippen molar-refractivity contribution in [1.82, 2.24) is 15.1 Å². The minimum atomic E-state index is 0.156. The number of nitrogens with one attached hydrogen (secondary N) is 1. The van der Waals surface area contributed by atoms with Crippen LogP contribution in [0.25, 0.3) is 5.69 Å². The summed E-state index contributed by atoms with van der Waals surface area (Å²) in [5, 5.41) is 7.87. The van der Waals surface area contributed by atoms with E-state index < -0.39 is 0 Å². The quantitative estimate of drug-likeness (QED) is 0.791. The molecular weight excluding hydrogens is 258 g/mol. The third-order valence-electron chi connectivity index (χ3n) is 3.74. The third kappa shape index (κ3) is 2.73. The van der Waals surface area contributed by atoms with Crippen LogP contribution in [0.5, 0.6) is 0 Å². The first kappa shape index (κ1) is 13.6. The van der Waals surface area contributed by atoms with Gasteiger partial charge in [0.15, 0.2) is 0 Å². The molecule has 0 bridgehead atoms. The Labute approximate surface area is 125 Å². The van der Waals surface area contributed by atoms with E-state index in [1.807, 2.05) is 36.1 Å². The van der Waals surface area contributed by atoms with E-state index in [0.29, 0.717) is 0 Å². The van der Waals surface area contributed by atoms with Crippen LogP contribution in [-0.2, 0) is 0 Å². The number of aryl methyl sites for hydroxylation is 1. The second kappa shape index (κ2) is 5.94. The monoisotopic (exact) mass is 277 g/mol. The number of aromatic nitrogens is 2. The summed E-state index contributed by atoms with van der Waals surface area (Å²) in [6.07, 6.45) is 4.02. The molecule has 2 aromatic carbocycles. The number of para-hydroxylation sites is 1. The number of benzene rings is 2. The molecule has 3 nitrogen and oxygen atoms in total. The molecule has 0 radical (unpaired) electrons. The first-order valence-electron chi connectivity index (χ1n) is 7.12. The zero-order valence-corrected chi connectivity index (χ0v) is 12.3. The van der Waals surface area contributed by atoms with Gasteiger partial charge < -0.3 is 5.32 Å². The number of nitrogens with zero attached hydrogens (tertiary/aromatic N) is 2. The maximum Gasteiger partial charge on any atom is 0.0645 e. The van der Waals surface area contributed by atoms with Crippen molar-refractivity contribution in [1.29, 1.82) is 0 Å². The van der Waals surface area contributed by atoms with Crippen LogP contribution in [0.3, 0.4) is 0 Å². The summed E-state index contributed by atoms with van der Waals surface area (Å²) < 4.78 is 1.91. The highest BCUT2D eigenvalue weighted by Crippen LogP contribution is 2.24. The maximum atomic E-state index is 4.49. The van der Waals surface area contributed by atoms with Gasteiger partial charge in [0.25, 0.3) is 0 Å². The molecule has 1 unspecified atom stereocenters. The van der Waals surface area contributed by atoms with E-state index in [2.05, 4.69) is 59.9 Å². The standard InChI is InChI=1S/C18H19N3/c1-14-8-6-7-11-17(14)18(19-2)15-12-20-21(13-15)16-9-4-3-5-10-16/h3-13,18-19H,1-2H3. The summed E-state index contributed by atoms with van der Waals surface area (Å²) in [5.41, 5.74) is 4.80. The van der Waals surface area contributed by atoms with Crippen LogP contribution >= 0.6 is 0 Å². The summed E-state index contributed by atoms with van der Waals surface area (Å²) in [6, 6.07) is 18.8. The van der Waals surface area contributed by atoms with Crippen molar-refractivity contribution in [3.8, 4) is 5.69 Å². The molecule has 0 amide bonds. The van der Waals surface area contributed by atoms with E-state index >= 15 is 0 Å². The van der Waals surface area contributed by atoms with E-state index in [1.165, 1.54) is 11.1 Å². The third-order valence-corrected chi connectivity index (χ3v) is 3.74. The fraction of sp³-hybridized carbons (Fsp3) is 0.167. The van der Waals surface area contributed by atoms with Crippen LogP contribution in [-0.4, -0.2) is 16.8 Å². The van der Waals surface area contributed by atoms with Gasteiger partial charge in [-0.2, -0.15) is 5.10 Å². The molecular formula is C18H19N3. The predicted octanol–water partition coefficient (Wildman–Crippen LogP) is 3.49. The van der Waals surface area contributed by atoms with Crippen molar-refractivity contribution in [2.24, 2.45) is 0 Å². The fourth-order valence-electron chi connectivity index (χ4n) is 2.62. The van der Waals surface area contributed by atoms with Crippen molar-refractivity contribution in [2.45, 2.75) is 13.0 Å². The molecule has 1 N–H and O–H groups in total. The van der Waals surface area contributed by atoms with Crippen LogP contribution in [0.15, 0.2) is 67.0 Å². The van der Waals surface area contributed by atoms with E-state index in [4.69, 9.17) is 0 Å². The van der Waals surface area contributed by atoms with Crippen molar-refractivity contribution in [3.05, 3.63) is 83.7 Å². The van der Waals surface area contributed by atoms with Gasteiger partial charge in [0, 0.05) is 11.8 Å². The van der Waals surface area contributed by atoms with Gasteiger partial charge in [0.2, 0.25) is 0 Å². The topological polar surface area (TPSA) is 29.9 Å². The molecule has 0 fully saturated rings. The highest BCUT2D eigenvalue weighted by Gasteiger charge is 2.15. The molecule has 3 rings (SSSR count). The molecule has 3 aromatic rings. The lowest BCUT2D eigenvalue weighted by molar-refractivity contribution is 0.687. The molecule has 0 saturated heterocycles. The number of hydrogen-bond acceptors (Lipinski definition) is 2. The molecule has 1 aromatic heterocycles. The van der Waals surface area contributed by atoms with E-state index in [9.17, 15) is 0 Å². The van der Waals surface area contributed by atoms with Crippen LogP contribution < -0.4 is 5.32 Å². The SMILES string of the molecule is CNC(c1cnn(-c2ccccc2)c1)c1ccccc1C. The Bertz CT molecular complexity index is 716. The first-order valence-corrected chi connectivity index (χ1v) is 7.12. The highest BCUT2D eigenvalue weighted by molar-refractivity contribution is 5.37. The largest absolute Gasteiger partial charge is 0.309 e. The zero-order valence-electron chi connectivity index (χ0n) is 12.3. The average Bonchev–Trinajstić information content (AvgIpc) is 3.00. The summed E-state index contributed by atoms with van der Waals surface area (Å²) in [6.45, 7) is 2.14. The molecule has 21 heavy (non-hydrogen) atoms. The lowest BCUT2D eigenvalue weighted by atomic mass is 9.97. The van der Waals surface area contributed by atoms with E-state index in [-0.39, 0.29) is 6.04 Å². The van der Waals surface area contributed by atoms with Gasteiger partial charge in [0.1, 0.15) is 0 Å². The molecule has 1 atom stereocenters. The van der Waals surface area contributed by atoms with E-state index in [0.717, 1.165) is 11.3 Å². The minimum absolute atomic E-state index is 0.156. The number of rotatable bonds is 4. The Balaban J connectivity index is 1.96. The molecule has 0 aliphatic rings. The van der Waals surface area contributed by atoms with Crippen LogP contribution in [0.2, 0.25) is 0 Å². The maximum absolute atomic E-state index is 4.49. The highest BCUT2D eigenvalue weighted by atomic mass is 15.3. The smallest absolute Gasteiger partial charge is 0.0645 e. The Kier molecular flexibility index (Phi) is 3.84. The Hall–Kier alpha value is -2.39. The normalized spacial score (nSPS) is 12.3. The van der Waals surface area contributed by atoms with Gasteiger partial charge in [-0.15, -0.1) is 0 Å². The molecule has 0 saturated carbocycles. The van der Waals surface area contributed by atoms with Gasteiger partial charge in [0.05, 0.1) is 17.9 Å². The van der Waals surface area contributed by atoms with Crippen LogP contribution in [0.4, 0.5) is 0 Å².